The van der Waals surface area contributed by atoms with Crippen molar-refractivity contribution >= 4 is 11.9 Å². The molecule has 0 aliphatic heterocycles. The predicted octanol–water partition coefficient (Wildman–Crippen LogP) is 2.45. The lowest BCUT2D eigenvalue weighted by atomic mass is 9.88. The van der Waals surface area contributed by atoms with Crippen LogP contribution in [0.15, 0.2) is 30.3 Å². The maximum absolute atomic E-state index is 11.0. The molecule has 0 saturated heterocycles. The minimum Gasteiger partial charge on any atom is -0.477 e. The molecular weight excluding hydrogens is 266 g/mol. The minimum absolute atomic E-state index is 0.0289. The van der Waals surface area contributed by atoms with Crippen molar-refractivity contribution in [2.24, 2.45) is 0 Å². The zero-order valence-corrected chi connectivity index (χ0v) is 11.8. The van der Waals surface area contributed by atoms with Gasteiger partial charge in [0.1, 0.15) is 0 Å². The van der Waals surface area contributed by atoms with Gasteiger partial charge in [-0.05, 0) is 43.4 Å². The number of hydrogen-bond donors (Lipinski definition) is 2. The van der Waals surface area contributed by atoms with E-state index in [9.17, 15) is 4.79 Å². The molecule has 0 spiro atoms. The van der Waals surface area contributed by atoms with Crippen molar-refractivity contribution < 1.29 is 9.90 Å². The summed E-state index contributed by atoms with van der Waals surface area (Å²) in [5.74, 6) is -0.630. The Labute approximate surface area is 123 Å². The first-order valence-electron chi connectivity index (χ1n) is 7.04. The average molecular weight is 283 g/mol. The fourth-order valence-corrected chi connectivity index (χ4v) is 2.75. The zero-order valence-electron chi connectivity index (χ0n) is 11.8. The lowest BCUT2D eigenvalue weighted by Gasteiger charge is -2.25. The van der Waals surface area contributed by atoms with Gasteiger partial charge in [0.2, 0.25) is 5.95 Å². The fraction of sp³-hybridized carbons (Fsp3) is 0.312. The van der Waals surface area contributed by atoms with Gasteiger partial charge in [-0.25, -0.2) is 14.8 Å². The Hall–Kier alpha value is -2.43. The van der Waals surface area contributed by atoms with Crippen molar-refractivity contribution in [2.45, 2.75) is 32.2 Å². The molecule has 0 saturated carbocycles. The standard InChI is InChI=1S/C16H17N3O2/c1-10-8-14(15(20)21)19-16(17-10)18-13-7-6-11-4-2-3-5-12(11)9-13/h2-5,8,13H,6-7,9H2,1H3,(H,20,21)(H,17,18,19). The van der Waals surface area contributed by atoms with E-state index in [0.717, 1.165) is 19.3 Å². The van der Waals surface area contributed by atoms with Gasteiger partial charge in [-0.15, -0.1) is 0 Å². The molecule has 3 rings (SSSR count). The lowest BCUT2D eigenvalue weighted by molar-refractivity contribution is 0.0690. The van der Waals surface area contributed by atoms with Crippen LogP contribution in [0.5, 0.6) is 0 Å². The van der Waals surface area contributed by atoms with Gasteiger partial charge in [-0.3, -0.25) is 0 Å². The quantitative estimate of drug-likeness (QED) is 0.905. The van der Waals surface area contributed by atoms with E-state index in [0.29, 0.717) is 11.6 Å². The van der Waals surface area contributed by atoms with Crippen LogP contribution in [-0.2, 0) is 12.8 Å². The molecule has 0 radical (unpaired) electrons. The van der Waals surface area contributed by atoms with Crippen molar-refractivity contribution in [1.29, 1.82) is 0 Å². The van der Waals surface area contributed by atoms with E-state index in [1.165, 1.54) is 17.2 Å². The molecule has 0 bridgehead atoms. The first-order valence-corrected chi connectivity index (χ1v) is 7.04. The number of aromatic carboxylic acids is 1. The lowest BCUT2D eigenvalue weighted by Crippen LogP contribution is -2.28. The highest BCUT2D eigenvalue weighted by Gasteiger charge is 2.19. The van der Waals surface area contributed by atoms with E-state index in [-0.39, 0.29) is 11.7 Å². The second kappa shape index (κ2) is 5.52. The molecule has 5 nitrogen and oxygen atoms in total. The van der Waals surface area contributed by atoms with Crippen LogP contribution in [0.25, 0.3) is 0 Å². The first-order chi connectivity index (χ1) is 10.1. The number of carboxylic acids is 1. The highest BCUT2D eigenvalue weighted by molar-refractivity contribution is 5.85. The van der Waals surface area contributed by atoms with Crippen LogP contribution in [0, 0.1) is 6.92 Å². The van der Waals surface area contributed by atoms with E-state index in [4.69, 9.17) is 5.11 Å². The van der Waals surface area contributed by atoms with Crippen LogP contribution in [0.2, 0.25) is 0 Å². The summed E-state index contributed by atoms with van der Waals surface area (Å²) < 4.78 is 0. The number of carboxylic acid groups (broad SMARTS) is 1. The van der Waals surface area contributed by atoms with Gasteiger partial charge < -0.3 is 10.4 Å². The molecule has 1 aliphatic rings. The molecule has 2 N–H and O–H groups in total. The van der Waals surface area contributed by atoms with Gasteiger partial charge in [-0.2, -0.15) is 0 Å². The zero-order chi connectivity index (χ0) is 14.8. The van der Waals surface area contributed by atoms with Gasteiger partial charge >= 0.3 is 5.97 Å². The van der Waals surface area contributed by atoms with Crippen LogP contribution >= 0.6 is 0 Å². The number of anilines is 1. The Morgan fingerprint density at radius 3 is 2.81 bits per heavy atom. The Bertz CT molecular complexity index is 685. The van der Waals surface area contributed by atoms with Crippen LogP contribution < -0.4 is 5.32 Å². The minimum atomic E-state index is -1.03. The summed E-state index contributed by atoms with van der Waals surface area (Å²) in [5.41, 5.74) is 3.42. The number of hydrogen-bond acceptors (Lipinski definition) is 4. The highest BCUT2D eigenvalue weighted by Crippen LogP contribution is 2.22. The van der Waals surface area contributed by atoms with E-state index >= 15 is 0 Å². The SMILES string of the molecule is Cc1cc(C(=O)O)nc(NC2CCc3ccccc3C2)n1. The normalized spacial score (nSPS) is 17.1. The predicted molar refractivity (Wildman–Crippen MR) is 79.6 cm³/mol. The van der Waals surface area contributed by atoms with Crippen molar-refractivity contribution in [3.05, 3.63) is 52.8 Å². The molecule has 108 valence electrons. The van der Waals surface area contributed by atoms with Crippen LogP contribution in [0.4, 0.5) is 5.95 Å². The molecule has 5 heteroatoms. The fourth-order valence-electron chi connectivity index (χ4n) is 2.75. The summed E-state index contributed by atoms with van der Waals surface area (Å²) in [4.78, 5) is 19.4. The summed E-state index contributed by atoms with van der Waals surface area (Å²) in [5, 5.41) is 12.3. The summed E-state index contributed by atoms with van der Waals surface area (Å²) in [7, 11) is 0. The van der Waals surface area contributed by atoms with Crippen LogP contribution in [0.1, 0.15) is 33.7 Å². The maximum Gasteiger partial charge on any atom is 0.354 e. The van der Waals surface area contributed by atoms with Crippen molar-refractivity contribution in [3.63, 3.8) is 0 Å². The third-order valence-corrected chi connectivity index (χ3v) is 3.75. The van der Waals surface area contributed by atoms with E-state index in [1.54, 1.807) is 6.92 Å². The second-order valence-corrected chi connectivity index (χ2v) is 5.38. The molecule has 1 aromatic heterocycles. The third kappa shape index (κ3) is 3.02. The van der Waals surface area contributed by atoms with Crippen LogP contribution in [0.3, 0.4) is 0 Å². The van der Waals surface area contributed by atoms with Gasteiger partial charge in [0, 0.05) is 11.7 Å². The van der Waals surface area contributed by atoms with Crippen LogP contribution in [-0.4, -0.2) is 27.1 Å². The number of rotatable bonds is 3. The summed E-state index contributed by atoms with van der Waals surface area (Å²) >= 11 is 0. The van der Waals surface area contributed by atoms with Gasteiger partial charge in [-0.1, -0.05) is 24.3 Å². The smallest absolute Gasteiger partial charge is 0.354 e. The number of benzene rings is 1. The topological polar surface area (TPSA) is 75.1 Å². The number of aromatic nitrogens is 2. The molecule has 1 unspecified atom stereocenters. The Morgan fingerprint density at radius 2 is 2.05 bits per heavy atom. The molecule has 1 heterocycles. The Kier molecular flexibility index (Phi) is 3.56. The molecule has 1 aliphatic carbocycles. The average Bonchev–Trinajstić information content (AvgIpc) is 2.46. The molecule has 0 amide bonds. The summed E-state index contributed by atoms with van der Waals surface area (Å²) in [6.07, 6.45) is 2.93. The van der Waals surface area contributed by atoms with E-state index in [2.05, 4.69) is 33.5 Å². The number of nitrogens with zero attached hydrogens (tertiary/aromatic N) is 2. The largest absolute Gasteiger partial charge is 0.477 e. The van der Waals surface area contributed by atoms with Crippen molar-refractivity contribution in [2.75, 3.05) is 5.32 Å². The third-order valence-electron chi connectivity index (χ3n) is 3.75. The van der Waals surface area contributed by atoms with Gasteiger partial charge in [0.25, 0.3) is 0 Å². The molecule has 0 fully saturated rings. The first kappa shape index (κ1) is 13.5. The van der Waals surface area contributed by atoms with Gasteiger partial charge in [0.05, 0.1) is 0 Å². The number of fused-ring (bicyclic) bond motifs is 1. The monoisotopic (exact) mass is 283 g/mol. The summed E-state index contributed by atoms with van der Waals surface area (Å²) in [6.45, 7) is 1.77. The number of nitrogens with one attached hydrogen (secondary N) is 1. The molecule has 1 aromatic carbocycles. The molecule has 1 atom stereocenters. The molecule has 21 heavy (non-hydrogen) atoms. The Balaban J connectivity index is 1.78. The number of carbonyl (C=O) groups is 1. The second-order valence-electron chi connectivity index (χ2n) is 5.38. The van der Waals surface area contributed by atoms with Crippen molar-refractivity contribution in [1.82, 2.24) is 9.97 Å². The maximum atomic E-state index is 11.0. The highest BCUT2D eigenvalue weighted by atomic mass is 16.4. The van der Waals surface area contributed by atoms with E-state index < -0.39 is 5.97 Å². The molecular formula is C16H17N3O2. The number of aryl methyl sites for hydroxylation is 2. The van der Waals surface area contributed by atoms with Gasteiger partial charge in [0.15, 0.2) is 5.69 Å². The Morgan fingerprint density at radius 1 is 1.29 bits per heavy atom. The van der Waals surface area contributed by atoms with Crippen molar-refractivity contribution in [3.8, 4) is 0 Å². The molecule has 2 aromatic rings. The summed E-state index contributed by atoms with van der Waals surface area (Å²) in [6, 6.07) is 10.1. The van der Waals surface area contributed by atoms with E-state index in [1.807, 2.05) is 6.07 Å².